The van der Waals surface area contributed by atoms with Gasteiger partial charge in [-0.15, -0.1) is 10.2 Å². The molecule has 0 spiro atoms. The molecule has 0 unspecified atom stereocenters. The zero-order valence-electron chi connectivity index (χ0n) is 14.3. The Hall–Kier alpha value is -3.21. The maximum absolute atomic E-state index is 12.3. The Morgan fingerprint density at radius 2 is 1.72 bits per heavy atom. The van der Waals surface area contributed by atoms with Crippen LogP contribution in [-0.4, -0.2) is 16.1 Å². The lowest BCUT2D eigenvalue weighted by molar-refractivity contribution is 0.102. The first-order chi connectivity index (χ1) is 12.2. The third kappa shape index (κ3) is 4.20. The van der Waals surface area contributed by atoms with Gasteiger partial charge in [0.2, 0.25) is 0 Å². The maximum Gasteiger partial charge on any atom is 0.276 e. The molecule has 1 amide bonds. The first-order valence-electron chi connectivity index (χ1n) is 8.22. The number of nitrogens with one attached hydrogen (secondary N) is 2. The molecule has 2 aromatic carbocycles. The fourth-order valence-corrected chi connectivity index (χ4v) is 2.39. The van der Waals surface area contributed by atoms with Crippen LogP contribution in [0.25, 0.3) is 0 Å². The summed E-state index contributed by atoms with van der Waals surface area (Å²) < 4.78 is 0. The Morgan fingerprint density at radius 3 is 2.36 bits per heavy atom. The lowest BCUT2D eigenvalue weighted by Crippen LogP contribution is -2.15. The summed E-state index contributed by atoms with van der Waals surface area (Å²) in [5, 5.41) is 14.1. The van der Waals surface area contributed by atoms with Gasteiger partial charge in [-0.05, 0) is 54.8 Å². The van der Waals surface area contributed by atoms with Gasteiger partial charge in [0.1, 0.15) is 0 Å². The van der Waals surface area contributed by atoms with Crippen LogP contribution in [0, 0.1) is 6.92 Å². The molecule has 5 heteroatoms. The molecule has 1 aromatic heterocycles. The van der Waals surface area contributed by atoms with E-state index in [0.717, 1.165) is 23.4 Å². The zero-order chi connectivity index (χ0) is 17.6. The highest BCUT2D eigenvalue weighted by Crippen LogP contribution is 2.16. The summed E-state index contributed by atoms with van der Waals surface area (Å²) in [6.07, 6.45) is 1.00. The van der Waals surface area contributed by atoms with Crippen LogP contribution in [0.3, 0.4) is 0 Å². The normalized spacial score (nSPS) is 10.3. The molecule has 0 bridgehead atoms. The minimum atomic E-state index is -0.277. The SMILES string of the molecule is CCc1ccc(Nc2ccc(C(=O)Nc3ccccc3C)nn2)cc1. The van der Waals surface area contributed by atoms with E-state index in [0.29, 0.717) is 5.82 Å². The van der Waals surface area contributed by atoms with Crippen molar-refractivity contribution >= 4 is 23.1 Å². The maximum atomic E-state index is 12.3. The van der Waals surface area contributed by atoms with Gasteiger partial charge in [-0.3, -0.25) is 4.79 Å². The van der Waals surface area contributed by atoms with Crippen molar-refractivity contribution in [2.75, 3.05) is 10.6 Å². The molecule has 0 aliphatic rings. The highest BCUT2D eigenvalue weighted by Gasteiger charge is 2.10. The number of aromatic nitrogens is 2. The molecular formula is C20H20N4O. The molecule has 0 fully saturated rings. The summed E-state index contributed by atoms with van der Waals surface area (Å²) >= 11 is 0. The molecule has 0 saturated heterocycles. The van der Waals surface area contributed by atoms with Crippen molar-refractivity contribution in [1.29, 1.82) is 0 Å². The standard InChI is InChI=1S/C20H20N4O/c1-3-15-8-10-16(11-9-15)21-19-13-12-18(23-24-19)20(25)22-17-7-5-4-6-14(17)2/h4-13H,3H2,1-2H3,(H,21,24)(H,22,25). The van der Waals surface area contributed by atoms with Crippen LogP contribution in [0.5, 0.6) is 0 Å². The van der Waals surface area contributed by atoms with Gasteiger partial charge < -0.3 is 10.6 Å². The molecule has 2 N–H and O–H groups in total. The van der Waals surface area contributed by atoms with Gasteiger partial charge in [-0.1, -0.05) is 37.3 Å². The van der Waals surface area contributed by atoms with Gasteiger partial charge in [0.05, 0.1) is 0 Å². The molecular weight excluding hydrogens is 312 g/mol. The Kier molecular flexibility index (Phi) is 5.04. The molecule has 0 atom stereocenters. The third-order valence-corrected chi connectivity index (χ3v) is 3.93. The molecule has 0 radical (unpaired) electrons. The molecule has 25 heavy (non-hydrogen) atoms. The molecule has 0 aliphatic carbocycles. The number of carbonyl (C=O) groups is 1. The predicted molar refractivity (Wildman–Crippen MR) is 100 cm³/mol. The zero-order valence-corrected chi connectivity index (χ0v) is 14.3. The van der Waals surface area contributed by atoms with Crippen LogP contribution in [-0.2, 0) is 6.42 Å². The van der Waals surface area contributed by atoms with Crippen LogP contribution >= 0.6 is 0 Å². The Bertz CT molecular complexity index is 858. The fraction of sp³-hybridized carbons (Fsp3) is 0.150. The number of benzene rings is 2. The van der Waals surface area contributed by atoms with Crippen molar-refractivity contribution in [2.45, 2.75) is 20.3 Å². The van der Waals surface area contributed by atoms with Gasteiger partial charge in [0, 0.05) is 11.4 Å². The van der Waals surface area contributed by atoms with E-state index >= 15 is 0 Å². The van der Waals surface area contributed by atoms with Crippen LogP contribution < -0.4 is 10.6 Å². The fourth-order valence-electron chi connectivity index (χ4n) is 2.39. The van der Waals surface area contributed by atoms with Crippen molar-refractivity contribution < 1.29 is 4.79 Å². The Balaban J connectivity index is 1.67. The Morgan fingerprint density at radius 1 is 0.960 bits per heavy atom. The summed E-state index contributed by atoms with van der Waals surface area (Å²) in [6, 6.07) is 19.1. The number of hydrogen-bond acceptors (Lipinski definition) is 4. The van der Waals surface area contributed by atoms with Gasteiger partial charge in [0.15, 0.2) is 11.5 Å². The van der Waals surface area contributed by atoms with E-state index in [1.165, 1.54) is 5.56 Å². The van der Waals surface area contributed by atoms with Crippen molar-refractivity contribution in [3.05, 3.63) is 77.5 Å². The van der Waals surface area contributed by atoms with E-state index in [-0.39, 0.29) is 11.6 Å². The molecule has 0 aliphatic heterocycles. The van der Waals surface area contributed by atoms with Crippen LogP contribution in [0.1, 0.15) is 28.5 Å². The highest BCUT2D eigenvalue weighted by atomic mass is 16.1. The van der Waals surface area contributed by atoms with Gasteiger partial charge >= 0.3 is 0 Å². The van der Waals surface area contributed by atoms with E-state index in [2.05, 4.69) is 39.9 Å². The number of nitrogens with zero attached hydrogens (tertiary/aromatic N) is 2. The molecule has 3 rings (SSSR count). The van der Waals surface area contributed by atoms with Crippen LogP contribution in [0.2, 0.25) is 0 Å². The largest absolute Gasteiger partial charge is 0.339 e. The summed E-state index contributed by atoms with van der Waals surface area (Å²) in [6.45, 7) is 4.06. The van der Waals surface area contributed by atoms with Crippen LogP contribution in [0.4, 0.5) is 17.2 Å². The second-order valence-electron chi connectivity index (χ2n) is 5.75. The number of para-hydroxylation sites is 1. The molecule has 126 valence electrons. The second-order valence-corrected chi connectivity index (χ2v) is 5.75. The quantitative estimate of drug-likeness (QED) is 0.729. The third-order valence-electron chi connectivity index (χ3n) is 3.93. The molecule has 0 saturated carbocycles. The highest BCUT2D eigenvalue weighted by molar-refractivity contribution is 6.03. The average Bonchev–Trinajstić information content (AvgIpc) is 2.65. The smallest absolute Gasteiger partial charge is 0.276 e. The molecule has 1 heterocycles. The number of aryl methyl sites for hydroxylation is 2. The van der Waals surface area contributed by atoms with Crippen molar-refractivity contribution in [3.63, 3.8) is 0 Å². The van der Waals surface area contributed by atoms with E-state index in [1.807, 2.05) is 43.3 Å². The lowest BCUT2D eigenvalue weighted by atomic mass is 10.1. The number of amides is 1. The summed E-state index contributed by atoms with van der Waals surface area (Å²) in [7, 11) is 0. The van der Waals surface area contributed by atoms with Gasteiger partial charge in [0.25, 0.3) is 5.91 Å². The minimum absolute atomic E-state index is 0.273. The van der Waals surface area contributed by atoms with Gasteiger partial charge in [-0.2, -0.15) is 0 Å². The first kappa shape index (κ1) is 16.6. The lowest BCUT2D eigenvalue weighted by Gasteiger charge is -2.08. The monoisotopic (exact) mass is 332 g/mol. The number of anilines is 3. The predicted octanol–water partition coefficient (Wildman–Crippen LogP) is 4.34. The van der Waals surface area contributed by atoms with Crippen molar-refractivity contribution in [2.24, 2.45) is 0 Å². The molecule has 5 nitrogen and oxygen atoms in total. The van der Waals surface area contributed by atoms with Crippen molar-refractivity contribution in [3.8, 4) is 0 Å². The topological polar surface area (TPSA) is 66.9 Å². The summed E-state index contributed by atoms with van der Waals surface area (Å²) in [5.41, 5.74) is 4.25. The minimum Gasteiger partial charge on any atom is -0.339 e. The Labute approximate surface area is 147 Å². The van der Waals surface area contributed by atoms with E-state index in [4.69, 9.17) is 0 Å². The first-order valence-corrected chi connectivity index (χ1v) is 8.22. The van der Waals surface area contributed by atoms with Gasteiger partial charge in [-0.25, -0.2) is 0 Å². The number of rotatable bonds is 5. The second kappa shape index (κ2) is 7.57. The number of hydrogen-bond donors (Lipinski definition) is 2. The van der Waals surface area contributed by atoms with E-state index in [9.17, 15) is 4.79 Å². The summed E-state index contributed by atoms with van der Waals surface area (Å²) in [4.78, 5) is 12.3. The van der Waals surface area contributed by atoms with E-state index in [1.54, 1.807) is 12.1 Å². The van der Waals surface area contributed by atoms with Crippen LogP contribution in [0.15, 0.2) is 60.7 Å². The summed E-state index contributed by atoms with van der Waals surface area (Å²) in [5.74, 6) is 0.317. The van der Waals surface area contributed by atoms with E-state index < -0.39 is 0 Å². The van der Waals surface area contributed by atoms with Crippen molar-refractivity contribution in [1.82, 2.24) is 10.2 Å². The number of carbonyl (C=O) groups excluding carboxylic acids is 1. The molecule has 3 aromatic rings. The average molecular weight is 332 g/mol.